The van der Waals surface area contributed by atoms with E-state index in [4.69, 9.17) is 0 Å². The van der Waals surface area contributed by atoms with Crippen molar-refractivity contribution in [2.45, 2.75) is 6.42 Å². The lowest BCUT2D eigenvalue weighted by Crippen LogP contribution is -2.16. The Balaban J connectivity index is 2.13. The highest BCUT2D eigenvalue weighted by molar-refractivity contribution is 5.21. The quantitative estimate of drug-likeness (QED) is 0.673. The van der Waals surface area contributed by atoms with Gasteiger partial charge in [-0.25, -0.2) is 9.97 Å². The predicted octanol–water partition coefficient (Wildman–Crippen LogP) is 0.640. The van der Waals surface area contributed by atoms with E-state index in [9.17, 15) is 0 Å². The summed E-state index contributed by atoms with van der Waals surface area (Å²) in [6.45, 7) is 1.97. The van der Waals surface area contributed by atoms with Gasteiger partial charge in [-0.05, 0) is 33.1 Å². The van der Waals surface area contributed by atoms with E-state index in [1.54, 1.807) is 12.3 Å². The number of nitrogens with zero attached hydrogens (tertiary/aromatic N) is 3. The molecule has 4 heteroatoms. The number of anilines is 1. The van der Waals surface area contributed by atoms with Crippen LogP contribution in [0.4, 0.5) is 5.95 Å². The van der Waals surface area contributed by atoms with Gasteiger partial charge < -0.3 is 10.2 Å². The Morgan fingerprint density at radius 2 is 2.38 bits per heavy atom. The van der Waals surface area contributed by atoms with E-state index in [0.717, 1.165) is 19.5 Å². The standard InChI is InChI=1S/C9H15N4/c1-13(2)8-4-7-12-9-10-5-3-6-11-9/h3,5H,4,7-8H2,1-2H3,(H,10,11,12). The van der Waals surface area contributed by atoms with Crippen molar-refractivity contribution in [1.82, 2.24) is 14.9 Å². The molecule has 1 heterocycles. The summed E-state index contributed by atoms with van der Waals surface area (Å²) in [7, 11) is 4.12. The summed E-state index contributed by atoms with van der Waals surface area (Å²) >= 11 is 0. The zero-order chi connectivity index (χ0) is 9.52. The van der Waals surface area contributed by atoms with Gasteiger partial charge >= 0.3 is 0 Å². The van der Waals surface area contributed by atoms with Crippen molar-refractivity contribution in [1.29, 1.82) is 0 Å². The summed E-state index contributed by atoms with van der Waals surface area (Å²) in [5, 5.41) is 3.12. The minimum Gasteiger partial charge on any atom is -0.354 e. The molecule has 4 nitrogen and oxygen atoms in total. The van der Waals surface area contributed by atoms with Crippen LogP contribution in [0.1, 0.15) is 6.42 Å². The first-order chi connectivity index (χ1) is 6.29. The molecule has 1 rings (SSSR count). The maximum atomic E-state index is 4.03. The summed E-state index contributed by atoms with van der Waals surface area (Å²) in [4.78, 5) is 10.1. The summed E-state index contributed by atoms with van der Waals surface area (Å²) < 4.78 is 0. The molecule has 0 aliphatic rings. The molecule has 71 valence electrons. The van der Waals surface area contributed by atoms with E-state index in [0.29, 0.717) is 5.95 Å². The van der Waals surface area contributed by atoms with E-state index >= 15 is 0 Å². The number of aromatic nitrogens is 2. The first-order valence-corrected chi connectivity index (χ1v) is 4.37. The van der Waals surface area contributed by atoms with Crippen LogP contribution in [0.5, 0.6) is 0 Å². The van der Waals surface area contributed by atoms with Crippen LogP contribution in [0.25, 0.3) is 0 Å². The van der Waals surface area contributed by atoms with Crippen molar-refractivity contribution in [2.75, 3.05) is 32.5 Å². The van der Waals surface area contributed by atoms with Crippen molar-refractivity contribution in [3.63, 3.8) is 0 Å². The van der Waals surface area contributed by atoms with Gasteiger partial charge in [0.2, 0.25) is 5.95 Å². The Morgan fingerprint density at radius 3 is 3.00 bits per heavy atom. The zero-order valence-corrected chi connectivity index (χ0v) is 8.12. The first-order valence-electron chi connectivity index (χ1n) is 4.37. The van der Waals surface area contributed by atoms with Crippen LogP contribution in [-0.2, 0) is 0 Å². The molecule has 0 unspecified atom stereocenters. The van der Waals surface area contributed by atoms with Crippen molar-refractivity contribution in [3.8, 4) is 0 Å². The van der Waals surface area contributed by atoms with Gasteiger partial charge in [0.1, 0.15) is 0 Å². The molecule has 0 bridgehead atoms. The van der Waals surface area contributed by atoms with Crippen LogP contribution < -0.4 is 5.32 Å². The summed E-state index contributed by atoms with van der Waals surface area (Å²) in [6, 6.07) is 1.69. The van der Waals surface area contributed by atoms with Crippen molar-refractivity contribution in [3.05, 3.63) is 18.5 Å². The van der Waals surface area contributed by atoms with Gasteiger partial charge in [0.05, 0.1) is 6.20 Å². The highest BCUT2D eigenvalue weighted by atomic mass is 15.1. The van der Waals surface area contributed by atoms with Crippen LogP contribution in [0.15, 0.2) is 12.3 Å². The molecular formula is C9H15N4. The van der Waals surface area contributed by atoms with Gasteiger partial charge in [-0.2, -0.15) is 0 Å². The highest BCUT2D eigenvalue weighted by Gasteiger charge is 1.93. The smallest absolute Gasteiger partial charge is 0.223 e. The molecule has 0 spiro atoms. The largest absolute Gasteiger partial charge is 0.354 e. The molecule has 0 fully saturated rings. The van der Waals surface area contributed by atoms with Crippen molar-refractivity contribution in [2.24, 2.45) is 0 Å². The molecule has 1 aromatic heterocycles. The Bertz CT molecular complexity index is 222. The van der Waals surface area contributed by atoms with Crippen molar-refractivity contribution >= 4 is 5.95 Å². The normalized spacial score (nSPS) is 10.4. The van der Waals surface area contributed by atoms with Crippen molar-refractivity contribution < 1.29 is 0 Å². The molecular weight excluding hydrogens is 164 g/mol. The second-order valence-corrected chi connectivity index (χ2v) is 3.09. The Hall–Kier alpha value is -1.16. The van der Waals surface area contributed by atoms with Gasteiger partial charge in [0, 0.05) is 12.7 Å². The fourth-order valence-electron chi connectivity index (χ4n) is 0.949. The number of rotatable bonds is 5. The zero-order valence-electron chi connectivity index (χ0n) is 8.12. The third kappa shape index (κ3) is 4.42. The number of hydrogen-bond acceptors (Lipinski definition) is 4. The van der Waals surface area contributed by atoms with E-state index in [2.05, 4.69) is 40.5 Å². The molecule has 0 atom stereocenters. The molecule has 1 radical (unpaired) electrons. The highest BCUT2D eigenvalue weighted by Crippen LogP contribution is 1.93. The third-order valence-electron chi connectivity index (χ3n) is 1.58. The lowest BCUT2D eigenvalue weighted by atomic mass is 10.4. The molecule has 1 N–H and O–H groups in total. The van der Waals surface area contributed by atoms with E-state index in [1.807, 2.05) is 0 Å². The fourth-order valence-corrected chi connectivity index (χ4v) is 0.949. The van der Waals surface area contributed by atoms with Crippen LogP contribution in [0, 0.1) is 6.20 Å². The maximum absolute atomic E-state index is 4.03. The SMILES string of the molecule is CN(C)CCCNc1n[c]ccn1. The van der Waals surface area contributed by atoms with Gasteiger partial charge in [0.25, 0.3) is 0 Å². The molecule has 0 saturated carbocycles. The van der Waals surface area contributed by atoms with Crippen LogP contribution in [-0.4, -0.2) is 42.1 Å². The van der Waals surface area contributed by atoms with Crippen LogP contribution >= 0.6 is 0 Å². The second kappa shape index (κ2) is 5.48. The first kappa shape index (κ1) is 9.92. The predicted molar refractivity (Wildman–Crippen MR) is 52.5 cm³/mol. The summed E-state index contributed by atoms with van der Waals surface area (Å²) in [6.07, 6.45) is 5.50. The number of nitrogens with one attached hydrogen (secondary N) is 1. The monoisotopic (exact) mass is 179 g/mol. The average Bonchev–Trinajstić information content (AvgIpc) is 2.14. The average molecular weight is 179 g/mol. The van der Waals surface area contributed by atoms with Gasteiger partial charge in [-0.3, -0.25) is 0 Å². The Kier molecular flexibility index (Phi) is 4.18. The molecule has 0 amide bonds. The lowest BCUT2D eigenvalue weighted by Gasteiger charge is -2.09. The Morgan fingerprint density at radius 1 is 1.54 bits per heavy atom. The topological polar surface area (TPSA) is 41.0 Å². The van der Waals surface area contributed by atoms with Gasteiger partial charge in [-0.15, -0.1) is 0 Å². The van der Waals surface area contributed by atoms with E-state index in [-0.39, 0.29) is 0 Å². The Labute approximate surface area is 79.0 Å². The fraction of sp³-hybridized carbons (Fsp3) is 0.556. The molecule has 0 aliphatic carbocycles. The number of hydrogen-bond donors (Lipinski definition) is 1. The second-order valence-electron chi connectivity index (χ2n) is 3.09. The molecule has 13 heavy (non-hydrogen) atoms. The molecule has 0 aliphatic heterocycles. The molecule has 1 aromatic rings. The van der Waals surface area contributed by atoms with Gasteiger partial charge in [0.15, 0.2) is 0 Å². The van der Waals surface area contributed by atoms with Gasteiger partial charge in [-0.1, -0.05) is 0 Å². The molecule has 0 saturated heterocycles. The minimum atomic E-state index is 0.654. The summed E-state index contributed by atoms with van der Waals surface area (Å²) in [5.74, 6) is 0.654. The van der Waals surface area contributed by atoms with Crippen LogP contribution in [0.2, 0.25) is 0 Å². The maximum Gasteiger partial charge on any atom is 0.223 e. The lowest BCUT2D eigenvalue weighted by molar-refractivity contribution is 0.405. The van der Waals surface area contributed by atoms with E-state index < -0.39 is 0 Å². The van der Waals surface area contributed by atoms with Crippen LogP contribution in [0.3, 0.4) is 0 Å². The minimum absolute atomic E-state index is 0.654. The third-order valence-corrected chi connectivity index (χ3v) is 1.58. The summed E-state index contributed by atoms with van der Waals surface area (Å²) in [5.41, 5.74) is 0. The van der Waals surface area contributed by atoms with E-state index in [1.165, 1.54) is 0 Å². The molecule has 0 aromatic carbocycles.